The van der Waals surface area contributed by atoms with Gasteiger partial charge in [0.25, 0.3) is 5.91 Å². The van der Waals surface area contributed by atoms with E-state index >= 15 is 0 Å². The van der Waals surface area contributed by atoms with Crippen LogP contribution < -0.4 is 15.8 Å². The lowest BCUT2D eigenvalue weighted by Crippen LogP contribution is -2.52. The number of carbonyl (C=O) groups excluding carboxylic acids is 3. The van der Waals surface area contributed by atoms with E-state index < -0.39 is 6.04 Å². The SMILES string of the molecule is Nc1ncnc2c1c(-c1ccc(Oc3ccccc3)cc1)nn2C1CCN(CCOCCOCCN2CCC(c3ccc4c(c3)CN(C3CCC(=O)NC3=O)C4=O)CC2)CC1. The summed E-state index contributed by atoms with van der Waals surface area (Å²) >= 11 is 0. The minimum Gasteiger partial charge on any atom is -0.457 e. The van der Waals surface area contributed by atoms with Gasteiger partial charge in [0, 0.05) is 50.3 Å². The van der Waals surface area contributed by atoms with Crippen LogP contribution in [0, 0.1) is 0 Å². The number of fused-ring (bicyclic) bond motifs is 2. The zero-order chi connectivity index (χ0) is 41.7. The average Bonchev–Trinajstić information content (AvgIpc) is 3.84. The van der Waals surface area contributed by atoms with Gasteiger partial charge in [0.15, 0.2) is 5.65 Å². The number of aromatic nitrogens is 4. The predicted molar refractivity (Wildman–Crippen MR) is 229 cm³/mol. The van der Waals surface area contributed by atoms with Crippen molar-refractivity contribution in [3.63, 3.8) is 0 Å². The Balaban J connectivity index is 0.661. The van der Waals surface area contributed by atoms with Crippen molar-refractivity contribution >= 4 is 34.6 Å². The molecule has 3 saturated heterocycles. The van der Waals surface area contributed by atoms with Gasteiger partial charge in [-0.1, -0.05) is 30.3 Å². The molecule has 15 nitrogen and oxygen atoms in total. The second-order valence-electron chi connectivity index (χ2n) is 16.4. The van der Waals surface area contributed by atoms with Gasteiger partial charge in [-0.2, -0.15) is 5.10 Å². The second kappa shape index (κ2) is 18.5. The molecule has 1 atom stereocenters. The molecule has 3 N–H and O–H groups in total. The fourth-order valence-corrected chi connectivity index (χ4v) is 9.19. The number of nitrogens with two attached hydrogens (primary N) is 1. The van der Waals surface area contributed by atoms with Crippen molar-refractivity contribution in [2.24, 2.45) is 0 Å². The highest BCUT2D eigenvalue weighted by Crippen LogP contribution is 2.36. The number of hydrogen-bond donors (Lipinski definition) is 2. The summed E-state index contributed by atoms with van der Waals surface area (Å²) in [4.78, 5) is 52.6. The zero-order valence-electron chi connectivity index (χ0n) is 34.4. The third kappa shape index (κ3) is 9.15. The Morgan fingerprint density at radius 1 is 0.754 bits per heavy atom. The molecule has 15 heteroatoms. The van der Waals surface area contributed by atoms with Crippen LogP contribution in [-0.4, -0.2) is 124 Å². The molecule has 61 heavy (non-hydrogen) atoms. The summed E-state index contributed by atoms with van der Waals surface area (Å²) in [6.45, 7) is 8.54. The Labute approximate surface area is 355 Å². The second-order valence-corrected chi connectivity index (χ2v) is 16.4. The van der Waals surface area contributed by atoms with Crippen LogP contribution in [0.4, 0.5) is 5.82 Å². The van der Waals surface area contributed by atoms with E-state index in [-0.39, 0.29) is 30.2 Å². The number of benzene rings is 3. The van der Waals surface area contributed by atoms with E-state index in [1.165, 1.54) is 11.9 Å². The first-order chi connectivity index (χ1) is 29.9. The molecule has 0 radical (unpaired) electrons. The van der Waals surface area contributed by atoms with Crippen molar-refractivity contribution in [2.45, 2.75) is 63.1 Å². The minimum atomic E-state index is -0.588. The van der Waals surface area contributed by atoms with Crippen molar-refractivity contribution in [3.8, 4) is 22.8 Å². The number of para-hydroxylation sites is 1. The number of hydrogen-bond acceptors (Lipinski definition) is 12. The summed E-state index contributed by atoms with van der Waals surface area (Å²) in [5, 5.41) is 8.23. The van der Waals surface area contributed by atoms with Gasteiger partial charge in [-0.3, -0.25) is 19.7 Å². The van der Waals surface area contributed by atoms with Gasteiger partial charge >= 0.3 is 0 Å². The molecule has 4 aliphatic heterocycles. The van der Waals surface area contributed by atoms with Crippen molar-refractivity contribution in [1.29, 1.82) is 0 Å². The quantitative estimate of drug-likeness (QED) is 0.105. The number of nitrogen functional groups attached to an aromatic ring is 1. The third-order valence-electron chi connectivity index (χ3n) is 12.6. The summed E-state index contributed by atoms with van der Waals surface area (Å²) in [6.07, 6.45) is 6.14. The van der Waals surface area contributed by atoms with E-state index in [9.17, 15) is 14.4 Å². The average molecular weight is 828 g/mol. The number of piperidine rings is 3. The molecule has 3 fully saturated rings. The number of likely N-dealkylation sites (tertiary alicyclic amines) is 2. The maximum Gasteiger partial charge on any atom is 0.255 e. The van der Waals surface area contributed by atoms with Crippen LogP contribution in [0.5, 0.6) is 11.5 Å². The molecule has 0 bridgehead atoms. The van der Waals surface area contributed by atoms with E-state index in [2.05, 4.69) is 37.2 Å². The maximum atomic E-state index is 13.1. The number of carbonyl (C=O) groups is 3. The smallest absolute Gasteiger partial charge is 0.255 e. The lowest BCUT2D eigenvalue weighted by atomic mass is 9.88. The fourth-order valence-electron chi connectivity index (χ4n) is 9.19. The highest BCUT2D eigenvalue weighted by Gasteiger charge is 2.39. The van der Waals surface area contributed by atoms with Crippen LogP contribution in [0.3, 0.4) is 0 Å². The maximum absolute atomic E-state index is 13.1. The van der Waals surface area contributed by atoms with Crippen LogP contribution >= 0.6 is 0 Å². The highest BCUT2D eigenvalue weighted by molar-refractivity contribution is 6.05. The fraction of sp³-hybridized carbons (Fsp3) is 0.435. The Morgan fingerprint density at radius 2 is 1.44 bits per heavy atom. The van der Waals surface area contributed by atoms with E-state index in [0.717, 1.165) is 104 Å². The molecule has 3 amide bonds. The first kappa shape index (κ1) is 40.7. The topological polar surface area (TPSA) is 170 Å². The molecule has 3 aromatic carbocycles. The van der Waals surface area contributed by atoms with Crippen LogP contribution in [0.2, 0.25) is 0 Å². The third-order valence-corrected chi connectivity index (χ3v) is 12.6. The molecule has 6 heterocycles. The molecule has 5 aromatic rings. The number of nitrogens with zero attached hydrogens (tertiary/aromatic N) is 7. The van der Waals surface area contributed by atoms with Crippen LogP contribution in [-0.2, 0) is 25.6 Å². The lowest BCUT2D eigenvalue weighted by molar-refractivity contribution is -0.136. The summed E-state index contributed by atoms with van der Waals surface area (Å²) < 4.78 is 19.9. The van der Waals surface area contributed by atoms with E-state index in [1.54, 1.807) is 4.90 Å². The van der Waals surface area contributed by atoms with Crippen molar-refractivity contribution in [3.05, 3.63) is 95.8 Å². The van der Waals surface area contributed by atoms with Gasteiger partial charge in [0.2, 0.25) is 11.8 Å². The van der Waals surface area contributed by atoms with Gasteiger partial charge < -0.3 is 34.6 Å². The number of ether oxygens (including phenoxy) is 3. The monoisotopic (exact) mass is 827 g/mol. The molecular formula is C46H53N9O6. The Hall–Kier alpha value is -5.74. The number of amides is 3. The van der Waals surface area contributed by atoms with Crippen molar-refractivity contribution in [2.75, 3.05) is 71.4 Å². The Morgan fingerprint density at radius 3 is 2.15 bits per heavy atom. The van der Waals surface area contributed by atoms with E-state index in [4.69, 9.17) is 25.0 Å². The van der Waals surface area contributed by atoms with Gasteiger partial charge in [-0.15, -0.1) is 0 Å². The van der Waals surface area contributed by atoms with Crippen LogP contribution in [0.1, 0.15) is 72.0 Å². The first-order valence-electron chi connectivity index (χ1n) is 21.6. The Bertz CT molecular complexity index is 2340. The molecule has 1 unspecified atom stereocenters. The van der Waals surface area contributed by atoms with Crippen molar-refractivity contribution < 1.29 is 28.6 Å². The number of imide groups is 1. The Kier molecular flexibility index (Phi) is 12.3. The van der Waals surface area contributed by atoms with Crippen molar-refractivity contribution in [1.82, 2.24) is 39.8 Å². The van der Waals surface area contributed by atoms with E-state index in [1.807, 2.05) is 65.3 Å². The number of nitrogens with one attached hydrogen (secondary N) is 1. The molecule has 2 aromatic heterocycles. The molecule has 9 rings (SSSR count). The number of rotatable bonds is 15. The number of anilines is 1. The summed E-state index contributed by atoms with van der Waals surface area (Å²) in [7, 11) is 0. The van der Waals surface area contributed by atoms with E-state index in [0.29, 0.717) is 56.7 Å². The minimum absolute atomic E-state index is 0.125. The molecular weight excluding hydrogens is 775 g/mol. The molecule has 4 aliphatic rings. The van der Waals surface area contributed by atoms with Gasteiger partial charge in [0.05, 0.1) is 37.9 Å². The van der Waals surface area contributed by atoms with Crippen LogP contribution in [0.15, 0.2) is 79.1 Å². The van der Waals surface area contributed by atoms with Crippen LogP contribution in [0.25, 0.3) is 22.3 Å². The normalized spacial score (nSPS) is 19.4. The largest absolute Gasteiger partial charge is 0.457 e. The standard InChI is InChI=1S/C46H53N9O6/c47-43-41-42(32-6-9-37(10-7-32)61-36-4-2-1-3-5-36)51-55(44(41)49-30-48-43)35-16-20-53(21-17-35)23-25-60-27-26-59-24-22-52-18-14-31(15-19-52)33-8-11-38-34(28-33)29-54(46(38)58)39-12-13-40(56)50-45(39)57/h1-11,28,30-31,35,39H,12-27,29H2,(H2,47,48,49)(H,50,56,57). The summed E-state index contributed by atoms with van der Waals surface area (Å²) in [5.74, 6) is 1.61. The van der Waals surface area contributed by atoms with Gasteiger partial charge in [0.1, 0.15) is 35.4 Å². The van der Waals surface area contributed by atoms with Gasteiger partial charge in [-0.05, 0) is 105 Å². The molecule has 318 valence electrons. The summed E-state index contributed by atoms with van der Waals surface area (Å²) in [5.41, 5.74) is 11.8. The molecule has 0 saturated carbocycles. The summed E-state index contributed by atoms with van der Waals surface area (Å²) in [6, 6.07) is 23.4. The zero-order valence-corrected chi connectivity index (χ0v) is 34.4. The molecule has 0 aliphatic carbocycles. The lowest BCUT2D eigenvalue weighted by Gasteiger charge is -2.32. The predicted octanol–water partition coefficient (Wildman–Crippen LogP) is 5.18. The van der Waals surface area contributed by atoms with Gasteiger partial charge in [-0.25, -0.2) is 14.6 Å². The molecule has 0 spiro atoms. The highest BCUT2D eigenvalue weighted by atomic mass is 16.5. The first-order valence-corrected chi connectivity index (χ1v) is 21.6.